The number of piperidine rings is 1. The van der Waals surface area contributed by atoms with Crippen molar-refractivity contribution < 1.29 is 9.53 Å². The number of amides is 1. The number of nitrogens with one attached hydrogen (secondary N) is 1. The van der Waals surface area contributed by atoms with Crippen LogP contribution in [0.15, 0.2) is 12.3 Å². The summed E-state index contributed by atoms with van der Waals surface area (Å²) in [6, 6.07) is 2.21. The van der Waals surface area contributed by atoms with Gasteiger partial charge < -0.3 is 15.0 Å². The van der Waals surface area contributed by atoms with Gasteiger partial charge in [0.1, 0.15) is 5.69 Å². The summed E-state index contributed by atoms with van der Waals surface area (Å²) in [5.41, 5.74) is 0.553. The SMILES string of the molecule is CCC1CN(C(=O)c2ccn(C3CCCNC3)n2)CCO1. The van der Waals surface area contributed by atoms with Crippen LogP contribution in [0.4, 0.5) is 0 Å². The fourth-order valence-electron chi connectivity index (χ4n) is 3.03. The van der Waals surface area contributed by atoms with E-state index in [-0.39, 0.29) is 12.0 Å². The van der Waals surface area contributed by atoms with E-state index in [0.29, 0.717) is 31.4 Å². The highest BCUT2D eigenvalue weighted by Crippen LogP contribution is 2.17. The van der Waals surface area contributed by atoms with Crippen LogP contribution in [0.1, 0.15) is 42.7 Å². The van der Waals surface area contributed by atoms with Gasteiger partial charge in [0, 0.05) is 25.8 Å². The van der Waals surface area contributed by atoms with Crippen molar-refractivity contribution in [2.24, 2.45) is 0 Å². The molecule has 0 aromatic carbocycles. The first-order chi connectivity index (χ1) is 10.3. The quantitative estimate of drug-likeness (QED) is 0.905. The molecule has 3 rings (SSSR count). The van der Waals surface area contributed by atoms with Crippen molar-refractivity contribution >= 4 is 5.91 Å². The molecule has 0 radical (unpaired) electrons. The lowest BCUT2D eigenvalue weighted by Crippen LogP contribution is -2.45. The number of morpholine rings is 1. The van der Waals surface area contributed by atoms with E-state index in [1.165, 1.54) is 0 Å². The molecule has 0 saturated carbocycles. The molecule has 0 bridgehead atoms. The number of rotatable bonds is 3. The first kappa shape index (κ1) is 14.5. The Bertz CT molecular complexity index is 482. The molecule has 6 heteroatoms. The van der Waals surface area contributed by atoms with Gasteiger partial charge in [-0.15, -0.1) is 0 Å². The van der Waals surface area contributed by atoms with Crippen molar-refractivity contribution in [2.45, 2.75) is 38.3 Å². The van der Waals surface area contributed by atoms with Crippen LogP contribution in [0.2, 0.25) is 0 Å². The zero-order chi connectivity index (χ0) is 14.7. The molecule has 2 aliphatic rings. The number of aromatic nitrogens is 2. The lowest BCUT2D eigenvalue weighted by molar-refractivity contribution is -0.0228. The molecule has 2 fully saturated rings. The van der Waals surface area contributed by atoms with Gasteiger partial charge in [0.05, 0.1) is 18.8 Å². The topological polar surface area (TPSA) is 59.4 Å². The summed E-state index contributed by atoms with van der Waals surface area (Å²) in [6.45, 7) is 6.06. The monoisotopic (exact) mass is 292 g/mol. The van der Waals surface area contributed by atoms with Crippen LogP contribution < -0.4 is 5.32 Å². The van der Waals surface area contributed by atoms with Crippen LogP contribution in [0, 0.1) is 0 Å². The average Bonchev–Trinajstić information content (AvgIpc) is 3.05. The zero-order valence-electron chi connectivity index (χ0n) is 12.6. The Hall–Kier alpha value is -1.40. The van der Waals surface area contributed by atoms with E-state index in [2.05, 4.69) is 17.3 Å². The summed E-state index contributed by atoms with van der Waals surface area (Å²) in [6.07, 6.45) is 5.31. The Morgan fingerprint density at radius 1 is 1.57 bits per heavy atom. The van der Waals surface area contributed by atoms with E-state index < -0.39 is 0 Å². The van der Waals surface area contributed by atoms with Crippen molar-refractivity contribution in [2.75, 3.05) is 32.8 Å². The smallest absolute Gasteiger partial charge is 0.274 e. The van der Waals surface area contributed by atoms with Crippen molar-refractivity contribution in [1.82, 2.24) is 20.0 Å². The third kappa shape index (κ3) is 3.27. The van der Waals surface area contributed by atoms with Gasteiger partial charge in [-0.25, -0.2) is 0 Å². The minimum absolute atomic E-state index is 0.0271. The molecule has 1 aromatic heterocycles. The lowest BCUT2D eigenvalue weighted by atomic mass is 10.1. The van der Waals surface area contributed by atoms with Crippen LogP contribution in [-0.4, -0.2) is 59.5 Å². The predicted molar refractivity (Wildman–Crippen MR) is 79.3 cm³/mol. The number of hydrogen-bond acceptors (Lipinski definition) is 4. The highest BCUT2D eigenvalue weighted by molar-refractivity contribution is 5.92. The van der Waals surface area contributed by atoms with E-state index in [4.69, 9.17) is 4.74 Å². The molecule has 0 spiro atoms. The fourth-order valence-corrected chi connectivity index (χ4v) is 3.03. The second-order valence-electron chi connectivity index (χ2n) is 5.83. The van der Waals surface area contributed by atoms with Gasteiger partial charge in [-0.3, -0.25) is 9.48 Å². The normalized spacial score (nSPS) is 26.8. The van der Waals surface area contributed by atoms with Gasteiger partial charge in [0.25, 0.3) is 5.91 Å². The minimum atomic E-state index is 0.0271. The number of nitrogens with zero attached hydrogens (tertiary/aromatic N) is 3. The van der Waals surface area contributed by atoms with Gasteiger partial charge in [0.15, 0.2) is 0 Å². The summed E-state index contributed by atoms with van der Waals surface area (Å²) in [5.74, 6) is 0.0271. The highest BCUT2D eigenvalue weighted by atomic mass is 16.5. The zero-order valence-corrected chi connectivity index (χ0v) is 12.6. The van der Waals surface area contributed by atoms with Gasteiger partial charge >= 0.3 is 0 Å². The Kier molecular flexibility index (Phi) is 4.55. The van der Waals surface area contributed by atoms with Gasteiger partial charge in [-0.05, 0) is 31.9 Å². The number of ether oxygens (including phenoxy) is 1. The van der Waals surface area contributed by atoms with Crippen molar-refractivity contribution in [3.63, 3.8) is 0 Å². The Balaban J connectivity index is 1.66. The van der Waals surface area contributed by atoms with Gasteiger partial charge in [0.2, 0.25) is 0 Å². The molecule has 2 saturated heterocycles. The largest absolute Gasteiger partial charge is 0.375 e. The van der Waals surface area contributed by atoms with Gasteiger partial charge in [-0.2, -0.15) is 5.10 Å². The second-order valence-corrected chi connectivity index (χ2v) is 5.83. The summed E-state index contributed by atoms with van der Waals surface area (Å²) in [4.78, 5) is 14.4. The molecule has 2 unspecified atom stereocenters. The molecule has 1 amide bonds. The summed E-state index contributed by atoms with van der Waals surface area (Å²) in [5, 5.41) is 7.88. The number of carbonyl (C=O) groups is 1. The number of carbonyl (C=O) groups excluding carboxylic acids is 1. The first-order valence-electron chi connectivity index (χ1n) is 7.94. The maximum atomic E-state index is 12.5. The van der Waals surface area contributed by atoms with E-state index in [0.717, 1.165) is 32.4 Å². The minimum Gasteiger partial charge on any atom is -0.375 e. The fraction of sp³-hybridized carbons (Fsp3) is 0.733. The molecule has 6 nitrogen and oxygen atoms in total. The summed E-state index contributed by atoms with van der Waals surface area (Å²) < 4.78 is 7.56. The Labute approximate surface area is 125 Å². The highest BCUT2D eigenvalue weighted by Gasteiger charge is 2.26. The second kappa shape index (κ2) is 6.58. The van der Waals surface area contributed by atoms with E-state index in [1.807, 2.05) is 21.8 Å². The van der Waals surface area contributed by atoms with Crippen LogP contribution in [0.3, 0.4) is 0 Å². The summed E-state index contributed by atoms with van der Waals surface area (Å²) in [7, 11) is 0. The third-order valence-corrected chi connectivity index (χ3v) is 4.35. The maximum Gasteiger partial charge on any atom is 0.274 e. The van der Waals surface area contributed by atoms with Crippen molar-refractivity contribution in [3.8, 4) is 0 Å². The molecule has 21 heavy (non-hydrogen) atoms. The first-order valence-corrected chi connectivity index (χ1v) is 7.94. The Morgan fingerprint density at radius 2 is 2.48 bits per heavy atom. The van der Waals surface area contributed by atoms with Gasteiger partial charge in [-0.1, -0.05) is 6.92 Å². The van der Waals surface area contributed by atoms with E-state index in [1.54, 1.807) is 0 Å². The maximum absolute atomic E-state index is 12.5. The van der Waals surface area contributed by atoms with E-state index in [9.17, 15) is 4.79 Å². The molecule has 2 atom stereocenters. The van der Waals surface area contributed by atoms with Crippen molar-refractivity contribution in [3.05, 3.63) is 18.0 Å². The molecule has 2 aliphatic heterocycles. The molecule has 1 N–H and O–H groups in total. The summed E-state index contributed by atoms with van der Waals surface area (Å²) >= 11 is 0. The molecule has 0 aliphatic carbocycles. The van der Waals surface area contributed by atoms with Crippen LogP contribution in [-0.2, 0) is 4.74 Å². The standard InChI is InChI=1S/C15H24N4O2/c1-2-13-11-18(8-9-21-13)15(20)14-5-7-19(17-14)12-4-3-6-16-10-12/h5,7,12-13,16H,2-4,6,8-11H2,1H3. The molecule has 1 aromatic rings. The van der Waals surface area contributed by atoms with Crippen LogP contribution in [0.5, 0.6) is 0 Å². The number of hydrogen-bond donors (Lipinski definition) is 1. The molecule has 116 valence electrons. The third-order valence-electron chi connectivity index (χ3n) is 4.35. The molecular weight excluding hydrogens is 268 g/mol. The molecule has 3 heterocycles. The Morgan fingerprint density at radius 3 is 3.24 bits per heavy atom. The van der Waals surface area contributed by atoms with E-state index >= 15 is 0 Å². The lowest BCUT2D eigenvalue weighted by Gasteiger charge is -2.32. The molecular formula is C15H24N4O2. The van der Waals surface area contributed by atoms with Crippen molar-refractivity contribution in [1.29, 1.82) is 0 Å². The predicted octanol–water partition coefficient (Wildman–Crippen LogP) is 1.06. The average molecular weight is 292 g/mol. The van der Waals surface area contributed by atoms with Crippen LogP contribution >= 0.6 is 0 Å². The van der Waals surface area contributed by atoms with Crippen LogP contribution in [0.25, 0.3) is 0 Å².